The van der Waals surface area contributed by atoms with Gasteiger partial charge in [0.1, 0.15) is 11.2 Å². The molecule has 0 aromatic heterocycles. The first-order chi connectivity index (χ1) is 7.43. The zero-order chi connectivity index (χ0) is 11.9. The van der Waals surface area contributed by atoms with E-state index < -0.39 is 17.4 Å². The van der Waals surface area contributed by atoms with Gasteiger partial charge in [0.05, 0.1) is 6.42 Å². The molecule has 0 N–H and O–H groups in total. The Morgan fingerprint density at radius 2 is 2.06 bits per heavy atom. The lowest BCUT2D eigenvalue weighted by Crippen LogP contribution is -2.27. The predicted molar refractivity (Wildman–Crippen MR) is 54.2 cm³/mol. The molecule has 84 valence electrons. The first kappa shape index (κ1) is 10.8. The Morgan fingerprint density at radius 1 is 1.38 bits per heavy atom. The van der Waals surface area contributed by atoms with Crippen LogP contribution in [0.25, 0.3) is 0 Å². The predicted octanol–water partition coefficient (Wildman–Crippen LogP) is 1.87. The smallest absolute Gasteiger partial charge is 0.324 e. The summed E-state index contributed by atoms with van der Waals surface area (Å²) >= 11 is 0. The van der Waals surface area contributed by atoms with Crippen LogP contribution in [0.5, 0.6) is 0 Å². The third kappa shape index (κ3) is 1.50. The van der Waals surface area contributed by atoms with Crippen molar-refractivity contribution in [2.24, 2.45) is 0 Å². The number of esters is 2. The molecule has 1 aliphatic rings. The molecule has 1 aliphatic heterocycles. The number of carbonyl (C=O) groups excluding carboxylic acids is 2. The second-order valence-corrected chi connectivity index (χ2v) is 4.23. The summed E-state index contributed by atoms with van der Waals surface area (Å²) in [6.07, 6.45) is -0.0334. The average molecular weight is 222 g/mol. The van der Waals surface area contributed by atoms with Crippen molar-refractivity contribution in [2.75, 3.05) is 0 Å². The van der Waals surface area contributed by atoms with Crippen molar-refractivity contribution in [1.29, 1.82) is 0 Å². The van der Waals surface area contributed by atoms with Gasteiger partial charge in [-0.2, -0.15) is 0 Å². The number of carbonyl (C=O) groups is 2. The molecule has 0 aliphatic carbocycles. The maximum absolute atomic E-state index is 13.4. The van der Waals surface area contributed by atoms with E-state index in [0.29, 0.717) is 11.1 Å². The molecule has 1 unspecified atom stereocenters. The van der Waals surface area contributed by atoms with Crippen molar-refractivity contribution >= 4 is 11.9 Å². The van der Waals surface area contributed by atoms with Crippen molar-refractivity contribution in [3.63, 3.8) is 0 Å². The van der Waals surface area contributed by atoms with E-state index in [-0.39, 0.29) is 12.2 Å². The zero-order valence-electron chi connectivity index (χ0n) is 9.04. The highest BCUT2D eigenvalue weighted by Crippen LogP contribution is 2.35. The first-order valence-corrected chi connectivity index (χ1v) is 4.95. The third-order valence-electron chi connectivity index (χ3n) is 2.96. The summed E-state index contributed by atoms with van der Waals surface area (Å²) in [6.45, 7) is 3.23. The summed E-state index contributed by atoms with van der Waals surface area (Å²) < 4.78 is 17.9. The van der Waals surface area contributed by atoms with Crippen LogP contribution < -0.4 is 0 Å². The maximum Gasteiger partial charge on any atom is 0.324 e. The van der Waals surface area contributed by atoms with Crippen LogP contribution in [0.4, 0.5) is 4.39 Å². The Balaban J connectivity index is 2.47. The molecular weight excluding hydrogens is 211 g/mol. The molecule has 1 fully saturated rings. The van der Waals surface area contributed by atoms with Gasteiger partial charge in [-0.1, -0.05) is 12.1 Å². The quantitative estimate of drug-likeness (QED) is 0.538. The van der Waals surface area contributed by atoms with Gasteiger partial charge in [0.2, 0.25) is 0 Å². The molecule has 0 spiro atoms. The molecule has 0 bridgehead atoms. The third-order valence-corrected chi connectivity index (χ3v) is 2.96. The average Bonchev–Trinajstić information content (AvgIpc) is 2.46. The Morgan fingerprint density at radius 3 is 2.56 bits per heavy atom. The van der Waals surface area contributed by atoms with Gasteiger partial charge in [0.15, 0.2) is 0 Å². The standard InChI is InChI=1S/C12H11FO3/c1-7-3-4-8(5-9(7)13)12(2)6-10(14)16-11(12)15/h3-5H,6H2,1-2H3. The highest BCUT2D eigenvalue weighted by Gasteiger charge is 2.46. The number of benzene rings is 1. The van der Waals surface area contributed by atoms with E-state index in [9.17, 15) is 14.0 Å². The van der Waals surface area contributed by atoms with Crippen molar-refractivity contribution in [2.45, 2.75) is 25.7 Å². The molecule has 1 aromatic rings. The molecular formula is C12H11FO3. The summed E-state index contributed by atoms with van der Waals surface area (Å²) in [5.41, 5.74) is -0.0671. The van der Waals surface area contributed by atoms with Gasteiger partial charge in [0.25, 0.3) is 0 Å². The van der Waals surface area contributed by atoms with Crippen LogP contribution in [0.15, 0.2) is 18.2 Å². The normalized spacial score (nSPS) is 24.7. The van der Waals surface area contributed by atoms with Crippen molar-refractivity contribution in [3.8, 4) is 0 Å². The minimum absolute atomic E-state index is 0.0334. The largest absolute Gasteiger partial charge is 0.392 e. The first-order valence-electron chi connectivity index (χ1n) is 4.95. The number of hydrogen-bond acceptors (Lipinski definition) is 3. The lowest BCUT2D eigenvalue weighted by molar-refractivity contribution is -0.153. The number of aryl methyl sites for hydroxylation is 1. The summed E-state index contributed by atoms with van der Waals surface area (Å²) in [7, 11) is 0. The van der Waals surface area contributed by atoms with Crippen LogP contribution in [-0.4, -0.2) is 11.9 Å². The van der Waals surface area contributed by atoms with Crippen LogP contribution in [0.1, 0.15) is 24.5 Å². The summed E-state index contributed by atoms with van der Waals surface area (Å²) in [6, 6.07) is 4.53. The summed E-state index contributed by atoms with van der Waals surface area (Å²) in [5, 5.41) is 0. The molecule has 1 atom stereocenters. The molecule has 2 rings (SSSR count). The Kier molecular flexibility index (Phi) is 2.30. The van der Waals surface area contributed by atoms with E-state index in [2.05, 4.69) is 4.74 Å². The number of ether oxygens (including phenoxy) is 1. The van der Waals surface area contributed by atoms with Gasteiger partial charge in [-0.25, -0.2) is 4.39 Å². The zero-order valence-corrected chi connectivity index (χ0v) is 9.04. The summed E-state index contributed by atoms with van der Waals surface area (Å²) in [4.78, 5) is 22.6. The topological polar surface area (TPSA) is 43.4 Å². The number of cyclic esters (lactones) is 2. The minimum Gasteiger partial charge on any atom is -0.392 e. The van der Waals surface area contributed by atoms with Crippen molar-refractivity contribution in [1.82, 2.24) is 0 Å². The maximum atomic E-state index is 13.4. The SMILES string of the molecule is Cc1ccc(C2(C)CC(=O)OC2=O)cc1F. The van der Waals surface area contributed by atoms with Crippen LogP contribution >= 0.6 is 0 Å². The highest BCUT2D eigenvalue weighted by atomic mass is 19.1. The molecule has 0 amide bonds. The van der Waals surface area contributed by atoms with E-state index in [1.54, 1.807) is 26.0 Å². The number of rotatable bonds is 1. The lowest BCUT2D eigenvalue weighted by atomic mass is 9.81. The van der Waals surface area contributed by atoms with Crippen molar-refractivity contribution < 1.29 is 18.7 Å². The fourth-order valence-electron chi connectivity index (χ4n) is 1.77. The fourth-order valence-corrected chi connectivity index (χ4v) is 1.77. The van der Waals surface area contributed by atoms with Gasteiger partial charge >= 0.3 is 11.9 Å². The van der Waals surface area contributed by atoms with Crippen molar-refractivity contribution in [3.05, 3.63) is 35.1 Å². The monoisotopic (exact) mass is 222 g/mol. The minimum atomic E-state index is -1.05. The van der Waals surface area contributed by atoms with Gasteiger partial charge in [0, 0.05) is 0 Å². The summed E-state index contributed by atoms with van der Waals surface area (Å²) in [5.74, 6) is -1.56. The van der Waals surface area contributed by atoms with E-state index >= 15 is 0 Å². The Hall–Kier alpha value is -1.71. The van der Waals surface area contributed by atoms with E-state index in [1.807, 2.05) is 0 Å². The molecule has 3 nitrogen and oxygen atoms in total. The molecule has 0 radical (unpaired) electrons. The van der Waals surface area contributed by atoms with Gasteiger partial charge < -0.3 is 4.74 Å². The molecule has 0 saturated carbocycles. The second-order valence-electron chi connectivity index (χ2n) is 4.23. The number of halogens is 1. The van der Waals surface area contributed by atoms with E-state index in [4.69, 9.17) is 0 Å². The van der Waals surface area contributed by atoms with E-state index in [0.717, 1.165) is 0 Å². The molecule has 16 heavy (non-hydrogen) atoms. The number of hydrogen-bond donors (Lipinski definition) is 0. The Bertz CT molecular complexity index is 481. The Labute approximate surface area is 92.2 Å². The molecule has 1 heterocycles. The van der Waals surface area contributed by atoms with Crippen LogP contribution in [-0.2, 0) is 19.7 Å². The molecule has 1 saturated heterocycles. The highest BCUT2D eigenvalue weighted by molar-refractivity contribution is 6.00. The van der Waals surface area contributed by atoms with Crippen LogP contribution in [0.2, 0.25) is 0 Å². The van der Waals surface area contributed by atoms with Gasteiger partial charge in [-0.15, -0.1) is 0 Å². The van der Waals surface area contributed by atoms with Gasteiger partial charge in [-0.3, -0.25) is 9.59 Å². The van der Waals surface area contributed by atoms with Crippen LogP contribution in [0.3, 0.4) is 0 Å². The molecule has 4 heteroatoms. The fraction of sp³-hybridized carbons (Fsp3) is 0.333. The van der Waals surface area contributed by atoms with E-state index in [1.165, 1.54) is 6.07 Å². The lowest BCUT2D eigenvalue weighted by Gasteiger charge is -2.18. The van der Waals surface area contributed by atoms with Gasteiger partial charge in [-0.05, 0) is 31.0 Å². The second kappa shape index (κ2) is 3.40. The van der Waals surface area contributed by atoms with Crippen LogP contribution in [0, 0.1) is 12.7 Å². The molecule has 1 aromatic carbocycles.